The van der Waals surface area contributed by atoms with Crippen molar-refractivity contribution in [2.24, 2.45) is 0 Å². The summed E-state index contributed by atoms with van der Waals surface area (Å²) in [6.07, 6.45) is 1.09. The molecule has 2 aromatic rings. The monoisotopic (exact) mass is 289 g/mol. The summed E-state index contributed by atoms with van der Waals surface area (Å²) in [5.41, 5.74) is 1.41. The van der Waals surface area contributed by atoms with Gasteiger partial charge in [-0.05, 0) is 48.5 Å². The van der Waals surface area contributed by atoms with E-state index in [1.165, 1.54) is 16.3 Å². The molecule has 0 aliphatic heterocycles. The molecule has 1 N–H and O–H groups in total. The maximum atomic E-state index is 8.36. The molecule has 0 saturated heterocycles. The molecular formula is C17H23NO3. The van der Waals surface area contributed by atoms with E-state index in [9.17, 15) is 0 Å². The van der Waals surface area contributed by atoms with Crippen molar-refractivity contribution in [3.8, 4) is 5.75 Å². The van der Waals surface area contributed by atoms with Crippen LogP contribution in [0.1, 0.15) is 12.5 Å². The predicted octanol–water partition coefficient (Wildman–Crippen LogP) is 3.04. The highest BCUT2D eigenvalue weighted by molar-refractivity contribution is 5.87. The van der Waals surface area contributed by atoms with E-state index in [-0.39, 0.29) is 6.47 Å². The highest BCUT2D eigenvalue weighted by Gasteiger charge is 2.03. The molecule has 0 aliphatic rings. The van der Waals surface area contributed by atoms with Crippen LogP contribution in [-0.2, 0) is 11.2 Å². The number of hydrogen-bond acceptors (Lipinski definition) is 3. The third kappa shape index (κ3) is 5.08. The minimum absolute atomic E-state index is 0.250. The van der Waals surface area contributed by atoms with Crippen LogP contribution in [-0.4, -0.2) is 43.7 Å². The first-order valence-electron chi connectivity index (χ1n) is 6.98. The Morgan fingerprint density at radius 2 is 2.00 bits per heavy atom. The van der Waals surface area contributed by atoms with Gasteiger partial charge in [-0.25, -0.2) is 0 Å². The smallest absolute Gasteiger partial charge is 0.290 e. The fourth-order valence-corrected chi connectivity index (χ4v) is 2.14. The molecule has 0 spiro atoms. The largest absolute Gasteiger partial charge is 0.497 e. The topological polar surface area (TPSA) is 49.8 Å². The first kappa shape index (κ1) is 17.0. The van der Waals surface area contributed by atoms with Gasteiger partial charge in [-0.2, -0.15) is 0 Å². The van der Waals surface area contributed by atoms with Crippen LogP contribution in [0.2, 0.25) is 0 Å². The summed E-state index contributed by atoms with van der Waals surface area (Å²) in [5, 5.41) is 9.48. The molecule has 2 rings (SSSR count). The number of carbonyl (C=O) groups is 1. The van der Waals surface area contributed by atoms with Gasteiger partial charge in [0.15, 0.2) is 0 Å². The van der Waals surface area contributed by atoms with Crippen LogP contribution in [0.4, 0.5) is 0 Å². The van der Waals surface area contributed by atoms with Crippen molar-refractivity contribution < 1.29 is 14.6 Å². The third-order valence-corrected chi connectivity index (χ3v) is 3.48. The number of likely N-dealkylation sites (N-methyl/N-ethyl adjacent to an activating group) is 1. The van der Waals surface area contributed by atoms with Gasteiger partial charge in [0.05, 0.1) is 7.11 Å². The summed E-state index contributed by atoms with van der Waals surface area (Å²) in [5.74, 6) is 0.922. The summed E-state index contributed by atoms with van der Waals surface area (Å²) in [7, 11) is 3.87. The number of ether oxygens (including phenoxy) is 1. The second-order valence-corrected chi connectivity index (χ2v) is 4.76. The van der Waals surface area contributed by atoms with Crippen LogP contribution in [0.5, 0.6) is 5.75 Å². The van der Waals surface area contributed by atoms with Crippen LogP contribution in [0.15, 0.2) is 36.4 Å². The summed E-state index contributed by atoms with van der Waals surface area (Å²) in [4.78, 5) is 10.7. The van der Waals surface area contributed by atoms with Crippen molar-refractivity contribution in [1.29, 1.82) is 0 Å². The summed E-state index contributed by atoms with van der Waals surface area (Å²) >= 11 is 0. The van der Waals surface area contributed by atoms with Gasteiger partial charge < -0.3 is 14.7 Å². The van der Waals surface area contributed by atoms with Crippen molar-refractivity contribution >= 4 is 17.2 Å². The second-order valence-electron chi connectivity index (χ2n) is 4.76. The number of hydrogen-bond donors (Lipinski definition) is 1. The Balaban J connectivity index is 0.000000677. The Kier molecular flexibility index (Phi) is 7.26. The normalized spacial score (nSPS) is 10.1. The molecule has 0 atom stereocenters. The molecule has 4 heteroatoms. The van der Waals surface area contributed by atoms with E-state index in [1.807, 2.05) is 6.07 Å². The molecule has 0 radical (unpaired) electrons. The SMILES string of the molecule is CCN(C)CCc1cccc2cc(OC)ccc12.O=CO. The van der Waals surface area contributed by atoms with Crippen LogP contribution in [0, 0.1) is 0 Å². The molecule has 0 unspecified atom stereocenters. The molecule has 0 bridgehead atoms. The van der Waals surface area contributed by atoms with Gasteiger partial charge >= 0.3 is 0 Å². The Morgan fingerprint density at radius 1 is 1.29 bits per heavy atom. The molecule has 4 nitrogen and oxygen atoms in total. The number of nitrogens with zero attached hydrogens (tertiary/aromatic N) is 1. The lowest BCUT2D eigenvalue weighted by Crippen LogP contribution is -2.20. The quantitative estimate of drug-likeness (QED) is 0.860. The van der Waals surface area contributed by atoms with E-state index in [1.54, 1.807) is 7.11 Å². The minimum atomic E-state index is -0.250. The van der Waals surface area contributed by atoms with Gasteiger partial charge in [-0.3, -0.25) is 4.79 Å². The Morgan fingerprint density at radius 3 is 2.62 bits per heavy atom. The average Bonchev–Trinajstić information content (AvgIpc) is 2.52. The van der Waals surface area contributed by atoms with Crippen LogP contribution in [0.25, 0.3) is 10.8 Å². The fraction of sp³-hybridized carbons (Fsp3) is 0.353. The molecular weight excluding hydrogens is 266 g/mol. The Labute approximate surface area is 126 Å². The summed E-state index contributed by atoms with van der Waals surface area (Å²) < 4.78 is 5.27. The number of methoxy groups -OCH3 is 1. The maximum absolute atomic E-state index is 8.36. The first-order chi connectivity index (χ1) is 10.2. The lowest BCUT2D eigenvalue weighted by molar-refractivity contribution is -0.122. The molecule has 21 heavy (non-hydrogen) atoms. The van der Waals surface area contributed by atoms with Gasteiger partial charge in [0, 0.05) is 6.54 Å². The van der Waals surface area contributed by atoms with Crippen LogP contribution < -0.4 is 4.74 Å². The molecule has 0 fully saturated rings. The van der Waals surface area contributed by atoms with E-state index in [4.69, 9.17) is 14.6 Å². The van der Waals surface area contributed by atoms with Gasteiger partial charge in [-0.15, -0.1) is 0 Å². The molecule has 0 amide bonds. The zero-order valence-corrected chi connectivity index (χ0v) is 12.9. The van der Waals surface area contributed by atoms with Crippen molar-refractivity contribution in [3.63, 3.8) is 0 Å². The van der Waals surface area contributed by atoms with Gasteiger partial charge in [0.1, 0.15) is 5.75 Å². The zero-order valence-electron chi connectivity index (χ0n) is 12.9. The van der Waals surface area contributed by atoms with Gasteiger partial charge in [0.25, 0.3) is 6.47 Å². The summed E-state index contributed by atoms with van der Waals surface area (Å²) in [6, 6.07) is 12.8. The first-order valence-corrected chi connectivity index (χ1v) is 6.98. The molecule has 0 heterocycles. The number of rotatable bonds is 5. The molecule has 2 aromatic carbocycles. The molecule has 0 aliphatic carbocycles. The van der Waals surface area contributed by atoms with E-state index < -0.39 is 0 Å². The van der Waals surface area contributed by atoms with Gasteiger partial charge in [-0.1, -0.05) is 31.2 Å². The second kappa shape index (κ2) is 8.97. The molecule has 114 valence electrons. The fourth-order valence-electron chi connectivity index (χ4n) is 2.14. The van der Waals surface area contributed by atoms with E-state index in [2.05, 4.69) is 49.2 Å². The van der Waals surface area contributed by atoms with E-state index in [0.29, 0.717) is 0 Å². The van der Waals surface area contributed by atoms with E-state index in [0.717, 1.165) is 25.3 Å². The predicted molar refractivity (Wildman–Crippen MR) is 86.1 cm³/mol. The van der Waals surface area contributed by atoms with Crippen LogP contribution in [0.3, 0.4) is 0 Å². The average molecular weight is 289 g/mol. The highest BCUT2D eigenvalue weighted by atomic mass is 16.5. The Bertz CT molecular complexity index is 569. The lowest BCUT2D eigenvalue weighted by Gasteiger charge is -2.14. The zero-order chi connectivity index (χ0) is 15.7. The molecule has 0 aromatic heterocycles. The third-order valence-electron chi connectivity index (χ3n) is 3.48. The van der Waals surface area contributed by atoms with Crippen molar-refractivity contribution in [2.45, 2.75) is 13.3 Å². The minimum Gasteiger partial charge on any atom is -0.497 e. The van der Waals surface area contributed by atoms with Crippen molar-refractivity contribution in [3.05, 3.63) is 42.0 Å². The lowest BCUT2D eigenvalue weighted by atomic mass is 10.0. The van der Waals surface area contributed by atoms with Gasteiger partial charge in [0.2, 0.25) is 0 Å². The standard InChI is InChI=1S/C16H21NO.CH2O2/c1-4-17(2)11-10-13-6-5-7-14-12-15(18-3)8-9-16(13)14;2-1-3/h5-9,12H,4,10-11H2,1-3H3;1H,(H,2,3). The molecule has 0 saturated carbocycles. The number of fused-ring (bicyclic) bond motifs is 1. The summed E-state index contributed by atoms with van der Waals surface area (Å²) in [6.45, 7) is 4.13. The Hall–Kier alpha value is -2.07. The van der Waals surface area contributed by atoms with E-state index >= 15 is 0 Å². The van der Waals surface area contributed by atoms with Crippen molar-refractivity contribution in [1.82, 2.24) is 4.90 Å². The van der Waals surface area contributed by atoms with Crippen LogP contribution >= 0.6 is 0 Å². The number of carboxylic acid groups (broad SMARTS) is 1. The maximum Gasteiger partial charge on any atom is 0.290 e. The van der Waals surface area contributed by atoms with Crippen molar-refractivity contribution in [2.75, 3.05) is 27.2 Å². The highest BCUT2D eigenvalue weighted by Crippen LogP contribution is 2.24. The number of benzene rings is 2.